The summed E-state index contributed by atoms with van der Waals surface area (Å²) in [7, 11) is -1.86. The molecule has 0 saturated heterocycles. The molecule has 0 fully saturated rings. The summed E-state index contributed by atoms with van der Waals surface area (Å²) in [6.07, 6.45) is 6.74. The molecule has 0 saturated carbocycles. The number of hydrogen-bond acceptors (Lipinski definition) is 8. The van der Waals surface area contributed by atoms with Crippen LogP contribution in [0.4, 0.5) is 3.89 Å². The smallest absolute Gasteiger partial charge is 0.0872 e. The molecule has 0 aromatic rings. The van der Waals surface area contributed by atoms with Crippen LogP contribution < -0.4 is 0 Å². The Morgan fingerprint density at radius 2 is 1.04 bits per heavy atom. The fourth-order valence-corrected chi connectivity index (χ4v) is 0.641. The second-order valence-electron chi connectivity index (χ2n) is 3.81. The Morgan fingerprint density at radius 1 is 0.875 bits per heavy atom. The number of hydrogen-bond donors (Lipinski definition) is 2. The molecule has 0 aromatic heterocycles. The molecular weight excluding hydrogens is 869 g/mol. The Bertz CT molecular complexity index is 380. The van der Waals surface area contributed by atoms with Gasteiger partial charge in [-0.05, 0) is 40.5 Å². The van der Waals surface area contributed by atoms with Gasteiger partial charge in [0.05, 0.1) is 11.1 Å². The number of aliphatic hydroxyl groups is 2. The molecule has 0 amide bonds. The van der Waals surface area contributed by atoms with E-state index in [-0.39, 0.29) is 13.2 Å². The van der Waals surface area contributed by atoms with Crippen LogP contribution in [0, 0.1) is 0 Å². The fraction of sp³-hybridized carbons (Fsp3) is 0.692. The summed E-state index contributed by atoms with van der Waals surface area (Å²) in [4.78, 5) is 0. The number of rotatable bonds is 4. The minimum atomic E-state index is -3.36. The van der Waals surface area contributed by atoms with Gasteiger partial charge in [0.2, 0.25) is 0 Å². The van der Waals surface area contributed by atoms with E-state index in [2.05, 4.69) is 0 Å². The summed E-state index contributed by atoms with van der Waals surface area (Å²) in [6.45, 7) is 8.52. The molecule has 24 heavy (non-hydrogen) atoms. The van der Waals surface area contributed by atoms with Gasteiger partial charge in [0.1, 0.15) is 0 Å². The fourth-order valence-electron chi connectivity index (χ4n) is 0.641. The first-order chi connectivity index (χ1) is 10.1. The maximum Gasteiger partial charge on any atom is 0.0872 e. The van der Waals surface area contributed by atoms with Crippen molar-refractivity contribution in [3.63, 3.8) is 0 Å². The quantitative estimate of drug-likeness (QED) is 0.256. The molecule has 140 valence electrons. The molecule has 0 aliphatic heterocycles. The van der Waals surface area contributed by atoms with Crippen molar-refractivity contribution in [1.29, 1.82) is 0 Å². The summed E-state index contributed by atoms with van der Waals surface area (Å²) < 4.78 is 44.6. The molecule has 2 N–H and O–H groups in total. The van der Waals surface area contributed by atoms with E-state index in [1.165, 1.54) is 11.1 Å². The van der Waals surface area contributed by atoms with Crippen molar-refractivity contribution in [2.24, 2.45) is 0 Å². The summed E-state index contributed by atoms with van der Waals surface area (Å²) >= 11 is -3.36. The molecule has 0 atom stereocenters. The van der Waals surface area contributed by atoms with Gasteiger partial charge in [0.15, 0.2) is 0 Å². The Kier molecular flexibility index (Phi) is 50.3. The van der Waals surface area contributed by atoms with Crippen LogP contribution in [0.3, 0.4) is 0 Å². The van der Waals surface area contributed by atoms with E-state index in [1.54, 1.807) is 0 Å². The monoisotopic (exact) mass is 896 g/mol. The van der Waals surface area contributed by atoms with E-state index in [9.17, 15) is 3.89 Å². The first kappa shape index (κ1) is 37.5. The molecule has 6 nitrogen and oxygen atoms in total. The van der Waals surface area contributed by atoms with Crippen LogP contribution >= 0.6 is 0 Å². The average Bonchev–Trinajstić information content (AvgIpc) is 2.38. The van der Waals surface area contributed by atoms with Gasteiger partial charge in [-0.2, -0.15) is 0 Å². The summed E-state index contributed by atoms with van der Waals surface area (Å²) in [6, 6.07) is 0. The van der Waals surface area contributed by atoms with Gasteiger partial charge in [-0.25, -0.2) is 0 Å². The van der Waals surface area contributed by atoms with Crippen LogP contribution in [-0.4, -0.2) is 29.7 Å². The molecule has 11 heteroatoms. The molecule has 0 rings (SSSR count). The second kappa shape index (κ2) is 32.3. The molecular formula is C13H27FO6Rf2S2-2. The topological polar surface area (TPSA) is 109 Å². The van der Waals surface area contributed by atoms with Crippen molar-refractivity contribution < 1.29 is 30.9 Å². The third-order valence-corrected chi connectivity index (χ3v) is 2.00. The first-order valence-corrected chi connectivity index (χ1v) is 8.76. The second-order valence-corrected chi connectivity index (χ2v) is 5.00. The van der Waals surface area contributed by atoms with Crippen molar-refractivity contribution in [2.75, 3.05) is 19.5 Å². The van der Waals surface area contributed by atoms with Gasteiger partial charge in [0, 0.05) is 13.2 Å². The third-order valence-electron chi connectivity index (χ3n) is 2.00. The van der Waals surface area contributed by atoms with Crippen LogP contribution in [0.1, 0.15) is 40.5 Å². The molecule has 0 unspecified atom stereocenters. The normalized spacial score (nSPS) is 9.92. The van der Waals surface area contributed by atoms with E-state index in [4.69, 9.17) is 27.0 Å². The van der Waals surface area contributed by atoms with Crippen molar-refractivity contribution in [2.45, 2.75) is 40.5 Å². The summed E-state index contributed by atoms with van der Waals surface area (Å²) in [5.74, 6) is 0. The molecule has 0 spiro atoms. The molecule has 0 heterocycles. The predicted molar refractivity (Wildman–Crippen MR) is 86.8 cm³/mol. The zero-order valence-electron chi connectivity index (χ0n) is 15.1. The minimum Gasteiger partial charge on any atom is -0.424 e. The van der Waals surface area contributed by atoms with E-state index >= 15 is 0 Å². The maximum absolute atomic E-state index is 9.92. The van der Waals surface area contributed by atoms with E-state index < -0.39 is 21.8 Å². The van der Waals surface area contributed by atoms with Gasteiger partial charge in [-0.15, -0.1) is 0 Å². The molecule has 0 aromatic carbocycles. The SMILES string of the molecule is C/C=C(/C)CCO.C/C=C(/C)CCO.C[S-](=O)=O.O=[S-](=O)F.[Rf].[Rf]. The average molecular weight is 896 g/mol. The van der Waals surface area contributed by atoms with Crippen LogP contribution in [0.25, 0.3) is 0 Å². The van der Waals surface area contributed by atoms with Gasteiger partial charge in [-0.1, -0.05) is 40.3 Å². The number of halogens is 1. The Balaban J connectivity index is -0.0000000453. The third kappa shape index (κ3) is 122. The zero-order chi connectivity index (χ0) is 18.6. The Morgan fingerprint density at radius 3 is 1.08 bits per heavy atom. The largest absolute Gasteiger partial charge is 0.424 e. The van der Waals surface area contributed by atoms with Gasteiger partial charge in [-0.3, -0.25) is 0 Å². The van der Waals surface area contributed by atoms with Crippen molar-refractivity contribution in [3.05, 3.63) is 23.3 Å². The van der Waals surface area contributed by atoms with Crippen LogP contribution in [0.15, 0.2) is 23.3 Å². The van der Waals surface area contributed by atoms with Crippen molar-refractivity contribution in [3.8, 4) is 0 Å². The summed E-state index contributed by atoms with van der Waals surface area (Å²) in [5.41, 5.74) is 2.50. The zero-order valence-corrected chi connectivity index (χ0v) is 29.6. The minimum absolute atomic E-state index is 0. The standard InChI is InChI=1S/2C6H12O.CH3O2S.FO2S.2Rf/c2*1-3-6(2)4-5-7;2*1-4(2)3;;/h2*3,7H,4-5H2,1-2H3;1H3;;;/q;;2*-1;;/b2*6-3-;;;;. The van der Waals surface area contributed by atoms with Crippen LogP contribution in [0.2, 0.25) is 0 Å². The maximum atomic E-state index is 9.92. The predicted octanol–water partition coefficient (Wildman–Crippen LogP) is 2.78. The first-order valence-electron chi connectivity index (χ1n) is 6.30. The summed E-state index contributed by atoms with van der Waals surface area (Å²) in [5, 5.41) is 16.7. The van der Waals surface area contributed by atoms with Crippen molar-refractivity contribution in [1.82, 2.24) is 0 Å². The molecule has 0 aliphatic carbocycles. The number of allylic oxidation sites excluding steroid dienone is 2. The number of aliphatic hydroxyl groups excluding tert-OH is 2. The molecule has 0 aliphatic rings. The Labute approximate surface area is 136 Å². The van der Waals surface area contributed by atoms with E-state index in [1.807, 2.05) is 39.8 Å². The Hall–Kier alpha value is -2.77. The molecule has 0 radical (unpaired) electrons. The van der Waals surface area contributed by atoms with E-state index in [0.717, 1.165) is 19.1 Å². The van der Waals surface area contributed by atoms with Gasteiger partial charge in [0.25, 0.3) is 0 Å². The van der Waals surface area contributed by atoms with Gasteiger partial charge >= 0.3 is 0 Å². The van der Waals surface area contributed by atoms with Crippen LogP contribution in [-0.2, 0) is 38.6 Å². The van der Waals surface area contributed by atoms with E-state index in [0.29, 0.717) is 0 Å². The van der Waals surface area contributed by atoms with Crippen molar-refractivity contribution >= 4 is 21.8 Å². The van der Waals surface area contributed by atoms with Gasteiger partial charge < -0.3 is 30.9 Å². The van der Waals surface area contributed by atoms with Crippen LogP contribution in [0.5, 0.6) is 0 Å². The molecule has 0 bridgehead atoms.